The molecule has 0 saturated carbocycles. The molecule has 1 aromatic rings. The van der Waals surface area contributed by atoms with Crippen LogP contribution in [0.25, 0.3) is 0 Å². The lowest BCUT2D eigenvalue weighted by molar-refractivity contribution is 0.161. The van der Waals surface area contributed by atoms with E-state index in [-0.39, 0.29) is 6.10 Å². The maximum Gasteiger partial charge on any atom is 0.0715 e. The van der Waals surface area contributed by atoms with E-state index >= 15 is 0 Å². The molecular formula is C12H20N2O. The third-order valence-corrected chi connectivity index (χ3v) is 2.18. The van der Waals surface area contributed by atoms with Gasteiger partial charge in [-0.05, 0) is 31.4 Å². The molecule has 0 spiro atoms. The van der Waals surface area contributed by atoms with Crippen LogP contribution in [0.1, 0.15) is 26.0 Å². The van der Waals surface area contributed by atoms with E-state index in [1.807, 2.05) is 19.1 Å². The zero-order valence-corrected chi connectivity index (χ0v) is 9.70. The molecule has 0 aliphatic carbocycles. The molecule has 3 nitrogen and oxygen atoms in total. The maximum absolute atomic E-state index is 9.67. The maximum atomic E-state index is 9.67. The first-order chi connectivity index (χ1) is 7.08. The number of aromatic nitrogens is 1. The zero-order chi connectivity index (χ0) is 11.3. The van der Waals surface area contributed by atoms with E-state index in [2.05, 4.69) is 24.1 Å². The van der Waals surface area contributed by atoms with Crippen molar-refractivity contribution in [1.29, 1.82) is 0 Å². The molecule has 84 valence electrons. The number of hydrogen-bond donors (Lipinski definition) is 2. The highest BCUT2D eigenvalue weighted by atomic mass is 16.3. The molecule has 0 aliphatic rings. The fraction of sp³-hybridized carbons (Fsp3) is 0.583. The molecule has 1 atom stereocenters. The van der Waals surface area contributed by atoms with Crippen LogP contribution >= 0.6 is 0 Å². The Morgan fingerprint density at radius 1 is 1.47 bits per heavy atom. The van der Waals surface area contributed by atoms with Gasteiger partial charge < -0.3 is 10.4 Å². The molecule has 0 saturated heterocycles. The minimum Gasteiger partial charge on any atom is -0.391 e. The third-order valence-electron chi connectivity index (χ3n) is 2.18. The van der Waals surface area contributed by atoms with Gasteiger partial charge >= 0.3 is 0 Å². The quantitative estimate of drug-likeness (QED) is 0.779. The lowest BCUT2D eigenvalue weighted by Gasteiger charge is -2.14. The molecule has 15 heavy (non-hydrogen) atoms. The predicted molar refractivity (Wildman–Crippen MR) is 62.9 cm³/mol. The standard InChI is InChI=1S/C12H20N2O/c1-9(2)6-12(15)8-14-11-4-5-13-10(3)7-11/h4-5,7,9,12,15H,6,8H2,1-3H3,(H,13,14). The Morgan fingerprint density at radius 3 is 2.80 bits per heavy atom. The Hall–Kier alpha value is -1.09. The van der Waals surface area contributed by atoms with Crippen molar-refractivity contribution >= 4 is 5.69 Å². The second-order valence-electron chi connectivity index (χ2n) is 4.35. The molecule has 0 aliphatic heterocycles. The van der Waals surface area contributed by atoms with Crippen molar-refractivity contribution < 1.29 is 5.11 Å². The minimum atomic E-state index is -0.279. The number of aryl methyl sites for hydroxylation is 1. The number of anilines is 1. The van der Waals surface area contributed by atoms with Gasteiger partial charge in [-0.3, -0.25) is 4.98 Å². The van der Waals surface area contributed by atoms with E-state index in [0.717, 1.165) is 17.8 Å². The summed E-state index contributed by atoms with van der Waals surface area (Å²) in [6, 6.07) is 3.89. The summed E-state index contributed by atoms with van der Waals surface area (Å²) in [7, 11) is 0. The van der Waals surface area contributed by atoms with Crippen molar-refractivity contribution in [2.75, 3.05) is 11.9 Å². The highest BCUT2D eigenvalue weighted by molar-refractivity contribution is 5.42. The molecule has 0 aromatic carbocycles. The zero-order valence-electron chi connectivity index (χ0n) is 9.70. The second-order valence-corrected chi connectivity index (χ2v) is 4.35. The van der Waals surface area contributed by atoms with Gasteiger partial charge in [0.1, 0.15) is 0 Å². The first-order valence-corrected chi connectivity index (χ1v) is 5.42. The van der Waals surface area contributed by atoms with Gasteiger partial charge in [0, 0.05) is 24.1 Å². The van der Waals surface area contributed by atoms with Crippen LogP contribution in [0.4, 0.5) is 5.69 Å². The van der Waals surface area contributed by atoms with Gasteiger partial charge in [-0.25, -0.2) is 0 Å². The minimum absolute atomic E-state index is 0.279. The lowest BCUT2D eigenvalue weighted by atomic mass is 10.1. The van der Waals surface area contributed by atoms with E-state index < -0.39 is 0 Å². The second kappa shape index (κ2) is 5.71. The highest BCUT2D eigenvalue weighted by Gasteiger charge is 2.06. The number of aliphatic hydroxyl groups excluding tert-OH is 1. The van der Waals surface area contributed by atoms with Crippen LogP contribution in [-0.2, 0) is 0 Å². The fourth-order valence-corrected chi connectivity index (χ4v) is 1.52. The molecule has 2 N–H and O–H groups in total. The van der Waals surface area contributed by atoms with Crippen LogP contribution in [0.2, 0.25) is 0 Å². The van der Waals surface area contributed by atoms with E-state index in [4.69, 9.17) is 0 Å². The van der Waals surface area contributed by atoms with Gasteiger partial charge in [0.25, 0.3) is 0 Å². The molecule has 1 rings (SSSR count). The van der Waals surface area contributed by atoms with Crippen molar-refractivity contribution in [2.45, 2.75) is 33.3 Å². The van der Waals surface area contributed by atoms with Crippen LogP contribution in [0.3, 0.4) is 0 Å². The third kappa shape index (κ3) is 4.79. The Morgan fingerprint density at radius 2 is 2.20 bits per heavy atom. The Balaban J connectivity index is 2.36. The molecule has 0 fully saturated rings. The summed E-state index contributed by atoms with van der Waals surface area (Å²) in [6.07, 6.45) is 2.32. The summed E-state index contributed by atoms with van der Waals surface area (Å²) in [6.45, 7) is 6.77. The monoisotopic (exact) mass is 208 g/mol. The van der Waals surface area contributed by atoms with E-state index in [0.29, 0.717) is 12.5 Å². The van der Waals surface area contributed by atoms with Crippen LogP contribution in [0.5, 0.6) is 0 Å². The molecule has 0 bridgehead atoms. The number of rotatable bonds is 5. The smallest absolute Gasteiger partial charge is 0.0715 e. The number of aliphatic hydroxyl groups is 1. The highest BCUT2D eigenvalue weighted by Crippen LogP contribution is 2.09. The molecular weight excluding hydrogens is 188 g/mol. The fourth-order valence-electron chi connectivity index (χ4n) is 1.52. The summed E-state index contributed by atoms with van der Waals surface area (Å²) in [5, 5.41) is 12.9. The first kappa shape index (κ1) is 12.0. The largest absolute Gasteiger partial charge is 0.391 e. The van der Waals surface area contributed by atoms with Crippen molar-refractivity contribution in [2.24, 2.45) is 5.92 Å². The average Bonchev–Trinajstić information content (AvgIpc) is 2.14. The van der Waals surface area contributed by atoms with Crippen LogP contribution in [0.15, 0.2) is 18.3 Å². The summed E-state index contributed by atoms with van der Waals surface area (Å²) in [5.74, 6) is 0.529. The first-order valence-electron chi connectivity index (χ1n) is 5.42. The summed E-state index contributed by atoms with van der Waals surface area (Å²) in [5.41, 5.74) is 2.00. The SMILES string of the molecule is Cc1cc(NCC(O)CC(C)C)ccn1. The number of nitrogens with one attached hydrogen (secondary N) is 1. The summed E-state index contributed by atoms with van der Waals surface area (Å²) >= 11 is 0. The normalized spacial score (nSPS) is 12.9. The molecule has 1 unspecified atom stereocenters. The van der Waals surface area contributed by atoms with Gasteiger partial charge in [-0.15, -0.1) is 0 Å². The van der Waals surface area contributed by atoms with Gasteiger partial charge in [-0.1, -0.05) is 13.8 Å². The van der Waals surface area contributed by atoms with Crippen molar-refractivity contribution in [3.63, 3.8) is 0 Å². The topological polar surface area (TPSA) is 45.1 Å². The lowest BCUT2D eigenvalue weighted by Crippen LogP contribution is -2.21. The van der Waals surface area contributed by atoms with Crippen LogP contribution < -0.4 is 5.32 Å². The van der Waals surface area contributed by atoms with Gasteiger partial charge in [0.2, 0.25) is 0 Å². The number of hydrogen-bond acceptors (Lipinski definition) is 3. The van der Waals surface area contributed by atoms with E-state index in [9.17, 15) is 5.11 Å². The Bertz CT molecular complexity index is 299. The predicted octanol–water partition coefficient (Wildman–Crippen LogP) is 2.21. The average molecular weight is 208 g/mol. The van der Waals surface area contributed by atoms with Crippen molar-refractivity contribution in [3.8, 4) is 0 Å². The summed E-state index contributed by atoms with van der Waals surface area (Å²) < 4.78 is 0. The molecule has 0 radical (unpaired) electrons. The van der Waals surface area contributed by atoms with E-state index in [1.165, 1.54) is 0 Å². The van der Waals surface area contributed by atoms with Gasteiger partial charge in [0.15, 0.2) is 0 Å². The van der Waals surface area contributed by atoms with Gasteiger partial charge in [-0.2, -0.15) is 0 Å². The molecule has 1 heterocycles. The Kier molecular flexibility index (Phi) is 4.56. The van der Waals surface area contributed by atoms with Crippen LogP contribution in [0, 0.1) is 12.8 Å². The molecule has 1 aromatic heterocycles. The van der Waals surface area contributed by atoms with Crippen LogP contribution in [-0.4, -0.2) is 22.7 Å². The molecule has 3 heteroatoms. The number of nitrogens with zero attached hydrogens (tertiary/aromatic N) is 1. The summed E-state index contributed by atoms with van der Waals surface area (Å²) in [4.78, 5) is 4.11. The van der Waals surface area contributed by atoms with Crippen molar-refractivity contribution in [1.82, 2.24) is 4.98 Å². The number of pyridine rings is 1. The molecule has 0 amide bonds. The van der Waals surface area contributed by atoms with Crippen molar-refractivity contribution in [3.05, 3.63) is 24.0 Å². The Labute approximate surface area is 91.5 Å². The van der Waals surface area contributed by atoms with E-state index in [1.54, 1.807) is 6.20 Å². The van der Waals surface area contributed by atoms with Gasteiger partial charge in [0.05, 0.1) is 6.10 Å².